The summed E-state index contributed by atoms with van der Waals surface area (Å²) < 4.78 is 10.4. The van der Waals surface area contributed by atoms with E-state index >= 15 is 0 Å². The molecule has 0 unspecified atom stereocenters. The molecule has 28 heavy (non-hydrogen) atoms. The third kappa shape index (κ3) is 6.46. The van der Waals surface area contributed by atoms with Crippen LogP contribution in [0.5, 0.6) is 5.75 Å². The Bertz CT molecular complexity index is 820. The fraction of sp³-hybridized carbons (Fsp3) is 0.273. The summed E-state index contributed by atoms with van der Waals surface area (Å²) in [6.07, 6.45) is 2.23. The van der Waals surface area contributed by atoms with Gasteiger partial charge in [-0.25, -0.2) is 9.59 Å². The molecule has 0 aliphatic heterocycles. The molecule has 148 valence electrons. The predicted octanol–water partition coefficient (Wildman–Crippen LogP) is 5.54. The Morgan fingerprint density at radius 1 is 1.18 bits per heavy atom. The molecule has 0 atom stereocenters. The highest BCUT2D eigenvalue weighted by Crippen LogP contribution is 2.22. The van der Waals surface area contributed by atoms with Crippen molar-refractivity contribution in [2.45, 2.75) is 26.7 Å². The van der Waals surface area contributed by atoms with Crippen molar-refractivity contribution in [3.63, 3.8) is 0 Å². The van der Waals surface area contributed by atoms with Crippen LogP contribution in [0.3, 0.4) is 0 Å². The zero-order chi connectivity index (χ0) is 20.4. The number of aryl methyl sites for hydroxylation is 1. The van der Waals surface area contributed by atoms with Crippen molar-refractivity contribution in [1.82, 2.24) is 0 Å². The van der Waals surface area contributed by atoms with E-state index in [2.05, 4.69) is 18.8 Å². The number of benzene rings is 2. The minimum atomic E-state index is -0.604. The van der Waals surface area contributed by atoms with E-state index in [4.69, 9.17) is 9.47 Å². The lowest BCUT2D eigenvalue weighted by atomic mass is 10.2. The van der Waals surface area contributed by atoms with E-state index in [-0.39, 0.29) is 6.61 Å². The molecule has 1 N–H and O–H groups in total. The molecule has 0 saturated carbocycles. The Hall–Kier alpha value is -3.28. The molecule has 0 aromatic heterocycles. The van der Waals surface area contributed by atoms with Crippen molar-refractivity contribution in [3.05, 3.63) is 66.7 Å². The minimum Gasteiger partial charge on any atom is -0.445 e. The highest BCUT2D eigenvalue weighted by atomic mass is 16.6. The van der Waals surface area contributed by atoms with Gasteiger partial charge in [-0.1, -0.05) is 44.2 Å². The first-order chi connectivity index (χ1) is 13.5. The SMILES string of the molecule is C=CCOC(=O)Nc1cccc(OC(=O)N(CCCC)c2cccc(C)c2)c1. The van der Waals surface area contributed by atoms with Gasteiger partial charge < -0.3 is 9.47 Å². The summed E-state index contributed by atoms with van der Waals surface area (Å²) in [6.45, 7) is 8.21. The minimum absolute atomic E-state index is 0.114. The van der Waals surface area contributed by atoms with Crippen LogP contribution in [0.25, 0.3) is 0 Å². The largest absolute Gasteiger partial charge is 0.445 e. The second-order valence-corrected chi connectivity index (χ2v) is 6.25. The van der Waals surface area contributed by atoms with Crippen LogP contribution in [0.15, 0.2) is 61.2 Å². The Labute approximate surface area is 165 Å². The molecule has 2 aromatic rings. The molecule has 0 radical (unpaired) electrons. The normalized spacial score (nSPS) is 10.1. The van der Waals surface area contributed by atoms with E-state index < -0.39 is 12.2 Å². The summed E-state index contributed by atoms with van der Waals surface area (Å²) in [5, 5.41) is 2.58. The van der Waals surface area contributed by atoms with Crippen LogP contribution in [0, 0.1) is 6.92 Å². The van der Waals surface area contributed by atoms with Gasteiger partial charge in [0.05, 0.1) is 0 Å². The van der Waals surface area contributed by atoms with E-state index in [1.54, 1.807) is 29.2 Å². The molecule has 0 spiro atoms. The van der Waals surface area contributed by atoms with Gasteiger partial charge in [0.15, 0.2) is 0 Å². The van der Waals surface area contributed by atoms with Crippen LogP contribution in [0.4, 0.5) is 21.0 Å². The first kappa shape index (κ1) is 21.0. The van der Waals surface area contributed by atoms with Crippen LogP contribution < -0.4 is 15.0 Å². The van der Waals surface area contributed by atoms with Gasteiger partial charge in [0.1, 0.15) is 12.4 Å². The Kier molecular flexibility index (Phi) is 8.09. The molecule has 6 heteroatoms. The summed E-state index contributed by atoms with van der Waals surface area (Å²) in [6, 6.07) is 14.3. The van der Waals surface area contributed by atoms with Crippen molar-refractivity contribution in [2.24, 2.45) is 0 Å². The zero-order valence-electron chi connectivity index (χ0n) is 16.3. The summed E-state index contributed by atoms with van der Waals surface area (Å²) >= 11 is 0. The molecule has 0 heterocycles. The van der Waals surface area contributed by atoms with E-state index in [1.165, 1.54) is 6.08 Å². The van der Waals surface area contributed by atoms with Crippen LogP contribution in [-0.2, 0) is 4.74 Å². The molecular formula is C22H26N2O4. The molecular weight excluding hydrogens is 356 g/mol. The number of nitrogens with zero attached hydrogens (tertiary/aromatic N) is 1. The van der Waals surface area contributed by atoms with Gasteiger partial charge in [0, 0.05) is 24.0 Å². The van der Waals surface area contributed by atoms with E-state index in [0.29, 0.717) is 18.0 Å². The smallest absolute Gasteiger partial charge is 0.419 e. The van der Waals surface area contributed by atoms with Crippen molar-refractivity contribution in [2.75, 3.05) is 23.4 Å². The van der Waals surface area contributed by atoms with E-state index in [0.717, 1.165) is 24.1 Å². The lowest BCUT2D eigenvalue weighted by Crippen LogP contribution is -2.34. The second-order valence-electron chi connectivity index (χ2n) is 6.25. The lowest BCUT2D eigenvalue weighted by Gasteiger charge is -2.22. The van der Waals surface area contributed by atoms with Gasteiger partial charge >= 0.3 is 12.2 Å². The van der Waals surface area contributed by atoms with Crippen LogP contribution in [0.2, 0.25) is 0 Å². The third-order valence-corrected chi connectivity index (χ3v) is 3.89. The number of hydrogen-bond acceptors (Lipinski definition) is 4. The molecule has 0 saturated heterocycles. The Morgan fingerprint density at radius 2 is 1.96 bits per heavy atom. The van der Waals surface area contributed by atoms with Gasteiger partial charge in [-0.05, 0) is 43.2 Å². The highest BCUT2D eigenvalue weighted by molar-refractivity contribution is 5.90. The summed E-state index contributed by atoms with van der Waals surface area (Å²) in [5.74, 6) is 0.334. The summed E-state index contributed by atoms with van der Waals surface area (Å²) in [4.78, 5) is 26.1. The van der Waals surface area contributed by atoms with Crippen LogP contribution in [-0.4, -0.2) is 25.3 Å². The predicted molar refractivity (Wildman–Crippen MR) is 111 cm³/mol. The number of anilines is 2. The number of amides is 2. The average Bonchev–Trinajstić information content (AvgIpc) is 2.67. The number of carbonyl (C=O) groups excluding carboxylic acids is 2. The van der Waals surface area contributed by atoms with Gasteiger partial charge in [-0.2, -0.15) is 0 Å². The van der Waals surface area contributed by atoms with E-state index in [9.17, 15) is 9.59 Å². The number of carbonyl (C=O) groups is 2. The van der Waals surface area contributed by atoms with Gasteiger partial charge in [-0.15, -0.1) is 0 Å². The maximum atomic E-state index is 12.8. The average molecular weight is 382 g/mol. The number of ether oxygens (including phenoxy) is 2. The van der Waals surface area contributed by atoms with Gasteiger partial charge in [0.2, 0.25) is 0 Å². The van der Waals surface area contributed by atoms with Crippen LogP contribution >= 0.6 is 0 Å². The molecule has 0 aliphatic rings. The number of nitrogens with one attached hydrogen (secondary N) is 1. The maximum Gasteiger partial charge on any atom is 0.419 e. The molecule has 2 rings (SSSR count). The van der Waals surface area contributed by atoms with E-state index in [1.807, 2.05) is 31.2 Å². The van der Waals surface area contributed by atoms with Crippen molar-refractivity contribution >= 4 is 23.6 Å². The molecule has 0 aliphatic carbocycles. The summed E-state index contributed by atoms with van der Waals surface area (Å²) in [5.41, 5.74) is 2.33. The van der Waals surface area contributed by atoms with Crippen molar-refractivity contribution in [1.29, 1.82) is 0 Å². The first-order valence-electron chi connectivity index (χ1n) is 9.24. The van der Waals surface area contributed by atoms with Gasteiger partial charge in [-0.3, -0.25) is 10.2 Å². The molecule has 0 bridgehead atoms. The Morgan fingerprint density at radius 3 is 2.68 bits per heavy atom. The number of hydrogen-bond donors (Lipinski definition) is 1. The van der Waals surface area contributed by atoms with Gasteiger partial charge in [0.25, 0.3) is 0 Å². The number of rotatable bonds is 8. The van der Waals surface area contributed by atoms with Crippen LogP contribution in [0.1, 0.15) is 25.3 Å². The Balaban J connectivity index is 2.11. The lowest BCUT2D eigenvalue weighted by molar-refractivity contribution is 0.174. The topological polar surface area (TPSA) is 67.9 Å². The molecule has 0 fully saturated rings. The number of unbranched alkanes of at least 4 members (excludes halogenated alkanes) is 1. The second kappa shape index (κ2) is 10.8. The summed E-state index contributed by atoms with van der Waals surface area (Å²) in [7, 11) is 0. The fourth-order valence-corrected chi connectivity index (χ4v) is 2.52. The van der Waals surface area contributed by atoms with Crippen molar-refractivity contribution < 1.29 is 19.1 Å². The fourth-order valence-electron chi connectivity index (χ4n) is 2.52. The standard InChI is InChI=1S/C22H26N2O4/c1-4-6-13-24(19-11-7-9-17(3)15-19)22(26)28-20-12-8-10-18(16-20)23-21(25)27-14-5-2/h5,7-12,15-16H,2,4,6,13-14H2,1,3H3,(H,23,25). The third-order valence-electron chi connectivity index (χ3n) is 3.89. The monoisotopic (exact) mass is 382 g/mol. The highest BCUT2D eigenvalue weighted by Gasteiger charge is 2.18. The molecule has 2 amide bonds. The van der Waals surface area contributed by atoms with Crippen molar-refractivity contribution in [3.8, 4) is 5.75 Å². The molecule has 6 nitrogen and oxygen atoms in total. The maximum absolute atomic E-state index is 12.8. The first-order valence-corrected chi connectivity index (χ1v) is 9.24. The quantitative estimate of drug-likeness (QED) is 0.609. The zero-order valence-corrected chi connectivity index (χ0v) is 16.3. The molecule has 2 aromatic carbocycles.